The van der Waals surface area contributed by atoms with Crippen molar-refractivity contribution in [3.63, 3.8) is 0 Å². The molecule has 0 amide bonds. The highest BCUT2D eigenvalue weighted by Crippen LogP contribution is 2.64. The van der Waals surface area contributed by atoms with Gasteiger partial charge in [-0.2, -0.15) is 0 Å². The first-order chi connectivity index (χ1) is 12.6. The highest BCUT2D eigenvalue weighted by Gasteiger charge is 2.61. The molecule has 1 saturated heterocycles. The molecule has 1 aliphatic heterocycles. The Labute approximate surface area is 156 Å². The van der Waals surface area contributed by atoms with Crippen molar-refractivity contribution in [2.45, 2.75) is 63.3 Å². The lowest BCUT2D eigenvalue weighted by atomic mass is 9.49. The second-order valence-corrected chi connectivity index (χ2v) is 9.12. The lowest BCUT2D eigenvalue weighted by Gasteiger charge is -2.56. The first-order valence-corrected chi connectivity index (χ1v) is 10.4. The van der Waals surface area contributed by atoms with E-state index in [0.717, 1.165) is 45.3 Å². The summed E-state index contributed by atoms with van der Waals surface area (Å²) in [4.78, 5) is 0. The van der Waals surface area contributed by atoms with Crippen LogP contribution in [0.4, 0.5) is 0 Å². The van der Waals surface area contributed by atoms with Crippen LogP contribution in [-0.2, 0) is 9.47 Å². The number of fused-ring (bicyclic) bond motifs is 5. The van der Waals surface area contributed by atoms with E-state index in [0.29, 0.717) is 23.7 Å². The van der Waals surface area contributed by atoms with Gasteiger partial charge in [-0.1, -0.05) is 30.6 Å². The van der Waals surface area contributed by atoms with Crippen molar-refractivity contribution in [1.82, 2.24) is 0 Å². The maximum Gasteiger partial charge on any atom is 0.172 e. The van der Waals surface area contributed by atoms with Gasteiger partial charge in [0.1, 0.15) is 5.60 Å². The molecular formula is C23H30O3. The smallest absolute Gasteiger partial charge is 0.172 e. The van der Waals surface area contributed by atoms with E-state index in [2.05, 4.69) is 25.0 Å². The van der Waals surface area contributed by atoms with Crippen LogP contribution in [-0.4, -0.2) is 29.7 Å². The van der Waals surface area contributed by atoms with E-state index in [-0.39, 0.29) is 11.2 Å². The third-order valence-electron chi connectivity index (χ3n) is 8.50. The Bertz CT molecular complexity index is 695. The van der Waals surface area contributed by atoms with Crippen LogP contribution in [0.5, 0.6) is 0 Å². The van der Waals surface area contributed by atoms with Gasteiger partial charge in [0.25, 0.3) is 0 Å². The van der Waals surface area contributed by atoms with Gasteiger partial charge in [0.15, 0.2) is 5.79 Å². The number of hydrogen-bond donors (Lipinski definition) is 1. The summed E-state index contributed by atoms with van der Waals surface area (Å²) in [5, 5.41) is 11.1. The Kier molecular flexibility index (Phi) is 3.74. The molecule has 1 heterocycles. The fraction of sp³-hybridized carbons (Fsp3) is 0.739. The molecule has 0 aromatic rings. The van der Waals surface area contributed by atoms with Gasteiger partial charge in [0.2, 0.25) is 0 Å². The Hall–Kier alpha value is -1.08. The van der Waals surface area contributed by atoms with Crippen LogP contribution < -0.4 is 0 Å². The summed E-state index contributed by atoms with van der Waals surface area (Å²) in [7, 11) is 0. The van der Waals surface area contributed by atoms with E-state index in [1.165, 1.54) is 12.8 Å². The average Bonchev–Trinajstić information content (AvgIpc) is 3.24. The highest BCUT2D eigenvalue weighted by molar-refractivity contribution is 5.36. The molecule has 0 aromatic heterocycles. The largest absolute Gasteiger partial charge is 0.373 e. The number of terminal acetylenes is 1. The summed E-state index contributed by atoms with van der Waals surface area (Å²) in [6.45, 7) is 3.67. The van der Waals surface area contributed by atoms with Crippen LogP contribution in [0.1, 0.15) is 51.9 Å². The van der Waals surface area contributed by atoms with E-state index >= 15 is 0 Å². The molecule has 5 rings (SSSR count). The molecule has 5 aliphatic rings. The van der Waals surface area contributed by atoms with Crippen LogP contribution in [0.25, 0.3) is 0 Å². The molecule has 26 heavy (non-hydrogen) atoms. The van der Waals surface area contributed by atoms with Gasteiger partial charge in [-0.05, 0) is 61.9 Å². The minimum Gasteiger partial charge on any atom is -0.373 e. The average molecular weight is 354 g/mol. The van der Waals surface area contributed by atoms with E-state index in [9.17, 15) is 5.11 Å². The molecule has 1 N–H and O–H groups in total. The van der Waals surface area contributed by atoms with E-state index < -0.39 is 5.60 Å². The summed E-state index contributed by atoms with van der Waals surface area (Å²) in [6, 6.07) is 0. The number of hydrogen-bond acceptors (Lipinski definition) is 3. The molecule has 0 unspecified atom stereocenters. The normalized spacial score (nSPS) is 48.4. The second-order valence-electron chi connectivity index (χ2n) is 9.12. The van der Waals surface area contributed by atoms with Crippen LogP contribution in [0.15, 0.2) is 23.8 Å². The number of rotatable bonds is 1. The number of aliphatic hydroxyl groups is 1. The first-order valence-electron chi connectivity index (χ1n) is 10.4. The maximum absolute atomic E-state index is 11.1. The third kappa shape index (κ3) is 2.07. The molecule has 3 nitrogen and oxygen atoms in total. The molecule has 0 radical (unpaired) electrons. The zero-order chi connectivity index (χ0) is 18.0. The van der Waals surface area contributed by atoms with E-state index in [4.69, 9.17) is 15.9 Å². The minimum absolute atomic E-state index is 0.165. The molecule has 140 valence electrons. The second kappa shape index (κ2) is 5.71. The van der Waals surface area contributed by atoms with Crippen LogP contribution in [0.2, 0.25) is 0 Å². The molecule has 3 heteroatoms. The van der Waals surface area contributed by atoms with Crippen molar-refractivity contribution < 1.29 is 14.6 Å². The topological polar surface area (TPSA) is 38.7 Å². The summed E-state index contributed by atoms with van der Waals surface area (Å²) in [5.41, 5.74) is 0.336. The number of allylic oxidation sites excluding steroid dienone is 2. The van der Waals surface area contributed by atoms with Gasteiger partial charge in [0, 0.05) is 18.3 Å². The van der Waals surface area contributed by atoms with Crippen LogP contribution in [0.3, 0.4) is 0 Å². The summed E-state index contributed by atoms with van der Waals surface area (Å²) >= 11 is 0. The third-order valence-corrected chi connectivity index (χ3v) is 8.50. The maximum atomic E-state index is 11.1. The Morgan fingerprint density at radius 2 is 2.04 bits per heavy atom. The quantitative estimate of drug-likeness (QED) is 0.574. The van der Waals surface area contributed by atoms with Crippen molar-refractivity contribution in [1.29, 1.82) is 0 Å². The number of ether oxygens (including phenoxy) is 2. The van der Waals surface area contributed by atoms with Gasteiger partial charge in [-0.3, -0.25) is 0 Å². The zero-order valence-corrected chi connectivity index (χ0v) is 15.7. The molecule has 6 atom stereocenters. The van der Waals surface area contributed by atoms with Crippen molar-refractivity contribution in [3.05, 3.63) is 23.8 Å². The Morgan fingerprint density at radius 3 is 2.77 bits per heavy atom. The fourth-order valence-electron chi connectivity index (χ4n) is 7.19. The lowest BCUT2D eigenvalue weighted by molar-refractivity contribution is -0.177. The van der Waals surface area contributed by atoms with Gasteiger partial charge in [-0.25, -0.2) is 0 Å². The standard InChI is InChI=1S/C23H30O3/c1-3-21-10-7-18-17-8-12-23(25-13-14-26-23)15-16(17)5-6-19(18)20(21)9-11-22(21,24)4-2/h2,5,9,11,17-20,24H,3,6-8,10,12-15H2,1H3/t17-,18+,19+,20-,21-,22-/m0/s1. The first kappa shape index (κ1) is 17.0. The van der Waals surface area contributed by atoms with E-state index in [1.54, 1.807) is 5.57 Å². The summed E-state index contributed by atoms with van der Waals surface area (Å²) in [6.07, 6.45) is 19.8. The highest BCUT2D eigenvalue weighted by atomic mass is 16.7. The molecule has 0 aromatic carbocycles. The minimum atomic E-state index is -1.07. The van der Waals surface area contributed by atoms with Crippen LogP contribution in [0, 0.1) is 41.4 Å². The zero-order valence-electron chi connectivity index (χ0n) is 15.7. The molecule has 2 saturated carbocycles. The predicted molar refractivity (Wildman–Crippen MR) is 100 cm³/mol. The SMILES string of the molecule is C#C[C@]1(O)C=C[C@H]2[C@@H]3CC=C4CC5(CC[C@@H]4[C@H]3CC[C@@]21CC)OCCO5. The Morgan fingerprint density at radius 1 is 1.23 bits per heavy atom. The summed E-state index contributed by atoms with van der Waals surface area (Å²) in [5.74, 6) is 4.79. The molecule has 4 aliphatic carbocycles. The van der Waals surface area contributed by atoms with Gasteiger partial charge < -0.3 is 14.6 Å². The molecule has 1 spiro atoms. The lowest BCUT2D eigenvalue weighted by Crippen LogP contribution is -2.54. The monoisotopic (exact) mass is 354 g/mol. The summed E-state index contributed by atoms with van der Waals surface area (Å²) < 4.78 is 12.0. The molecular weight excluding hydrogens is 324 g/mol. The molecule has 3 fully saturated rings. The van der Waals surface area contributed by atoms with Gasteiger partial charge in [-0.15, -0.1) is 6.42 Å². The van der Waals surface area contributed by atoms with Crippen molar-refractivity contribution in [2.24, 2.45) is 29.1 Å². The van der Waals surface area contributed by atoms with E-state index in [1.807, 2.05) is 6.08 Å². The predicted octanol–water partition coefficient (Wildman–Crippen LogP) is 3.83. The van der Waals surface area contributed by atoms with Crippen molar-refractivity contribution in [3.8, 4) is 12.3 Å². The van der Waals surface area contributed by atoms with Gasteiger partial charge >= 0.3 is 0 Å². The van der Waals surface area contributed by atoms with Gasteiger partial charge in [0.05, 0.1) is 13.2 Å². The Balaban J connectivity index is 1.44. The van der Waals surface area contributed by atoms with Crippen molar-refractivity contribution in [2.75, 3.05) is 13.2 Å². The van der Waals surface area contributed by atoms with Crippen LogP contribution >= 0.6 is 0 Å². The van der Waals surface area contributed by atoms with Crippen molar-refractivity contribution >= 4 is 0 Å². The fourth-order valence-corrected chi connectivity index (χ4v) is 7.19. The molecule has 0 bridgehead atoms.